The summed E-state index contributed by atoms with van der Waals surface area (Å²) in [5, 5.41) is 0. The van der Waals surface area contributed by atoms with Crippen LogP contribution in [0.25, 0.3) is 0 Å². The highest BCUT2D eigenvalue weighted by molar-refractivity contribution is 7.89. The van der Waals surface area contributed by atoms with Crippen LogP contribution in [0.5, 0.6) is 0 Å². The average molecular weight is 296 g/mol. The maximum atomic E-state index is 12.5. The fraction of sp³-hybridized carbons (Fsp3) is 0.500. The summed E-state index contributed by atoms with van der Waals surface area (Å²) in [4.78, 5) is 13.7. The van der Waals surface area contributed by atoms with Gasteiger partial charge in [-0.25, -0.2) is 8.42 Å². The summed E-state index contributed by atoms with van der Waals surface area (Å²) >= 11 is 0. The van der Waals surface area contributed by atoms with Crippen LogP contribution in [0.3, 0.4) is 0 Å². The highest BCUT2D eigenvalue weighted by atomic mass is 32.2. The molecule has 0 atom stereocenters. The van der Waals surface area contributed by atoms with E-state index in [2.05, 4.69) is 0 Å². The Morgan fingerprint density at radius 3 is 2.35 bits per heavy atom. The van der Waals surface area contributed by atoms with Crippen LogP contribution in [0.2, 0.25) is 0 Å². The van der Waals surface area contributed by atoms with E-state index < -0.39 is 10.0 Å². The van der Waals surface area contributed by atoms with E-state index in [0.29, 0.717) is 18.7 Å². The van der Waals surface area contributed by atoms with Gasteiger partial charge >= 0.3 is 0 Å². The molecule has 5 nitrogen and oxygen atoms in total. The minimum Gasteiger partial charge on any atom is -0.345 e. The minimum absolute atomic E-state index is 0.180. The number of hydrogen-bond acceptors (Lipinski definition) is 3. The van der Waals surface area contributed by atoms with E-state index in [-0.39, 0.29) is 10.8 Å². The summed E-state index contributed by atoms with van der Waals surface area (Å²) in [6.45, 7) is 2.93. The molecule has 1 amide bonds. The van der Waals surface area contributed by atoms with E-state index in [9.17, 15) is 13.2 Å². The predicted molar refractivity (Wildman–Crippen MR) is 77.2 cm³/mol. The van der Waals surface area contributed by atoms with Crippen LogP contribution >= 0.6 is 0 Å². The van der Waals surface area contributed by atoms with Gasteiger partial charge in [-0.1, -0.05) is 6.07 Å². The van der Waals surface area contributed by atoms with Gasteiger partial charge in [-0.2, -0.15) is 4.31 Å². The molecule has 2 rings (SSSR count). The van der Waals surface area contributed by atoms with Crippen molar-refractivity contribution in [2.24, 2.45) is 0 Å². The van der Waals surface area contributed by atoms with Crippen LogP contribution in [0.1, 0.15) is 28.8 Å². The molecule has 1 aliphatic heterocycles. The van der Waals surface area contributed by atoms with Crippen LogP contribution in [0, 0.1) is 6.92 Å². The molecule has 0 bridgehead atoms. The molecule has 1 heterocycles. The molecule has 1 aromatic rings. The van der Waals surface area contributed by atoms with Crippen LogP contribution in [0.15, 0.2) is 23.1 Å². The summed E-state index contributed by atoms with van der Waals surface area (Å²) in [6.07, 6.45) is 1.79. The Bertz CT molecular complexity index is 617. The quantitative estimate of drug-likeness (QED) is 0.849. The van der Waals surface area contributed by atoms with E-state index in [1.54, 1.807) is 26.2 Å². The molecule has 0 unspecified atom stereocenters. The SMILES string of the molecule is Cc1ccc(S(=O)(=O)N2CCCC2)cc1C(=O)N(C)C. The van der Waals surface area contributed by atoms with Crippen LogP contribution in [-0.4, -0.2) is 50.7 Å². The summed E-state index contributed by atoms with van der Waals surface area (Å²) in [6, 6.07) is 4.76. The lowest BCUT2D eigenvalue weighted by Gasteiger charge is -2.18. The van der Waals surface area contributed by atoms with Crippen molar-refractivity contribution in [3.8, 4) is 0 Å². The fourth-order valence-electron chi connectivity index (χ4n) is 2.31. The first kappa shape index (κ1) is 15.0. The van der Waals surface area contributed by atoms with Gasteiger partial charge in [0.1, 0.15) is 0 Å². The fourth-order valence-corrected chi connectivity index (χ4v) is 3.85. The van der Waals surface area contributed by atoms with E-state index in [4.69, 9.17) is 0 Å². The van der Waals surface area contributed by atoms with Gasteiger partial charge in [-0.15, -0.1) is 0 Å². The monoisotopic (exact) mass is 296 g/mol. The molecule has 0 aliphatic carbocycles. The molecule has 1 aromatic carbocycles. The standard InChI is InChI=1S/C14H20N2O3S/c1-11-6-7-12(10-13(11)14(17)15(2)3)20(18,19)16-8-4-5-9-16/h6-7,10H,4-5,8-9H2,1-3H3. The van der Waals surface area contributed by atoms with Crippen LogP contribution < -0.4 is 0 Å². The average Bonchev–Trinajstić information content (AvgIpc) is 2.92. The van der Waals surface area contributed by atoms with Crippen molar-refractivity contribution >= 4 is 15.9 Å². The molecule has 0 aromatic heterocycles. The first-order valence-corrected chi connectivity index (χ1v) is 8.10. The first-order valence-electron chi connectivity index (χ1n) is 6.66. The number of nitrogens with zero attached hydrogens (tertiary/aromatic N) is 2. The topological polar surface area (TPSA) is 57.7 Å². The van der Waals surface area contributed by atoms with E-state index in [1.807, 2.05) is 6.92 Å². The predicted octanol–water partition coefficient (Wildman–Crippen LogP) is 1.48. The molecule has 110 valence electrons. The van der Waals surface area contributed by atoms with Crippen molar-refractivity contribution in [3.63, 3.8) is 0 Å². The number of amides is 1. The smallest absolute Gasteiger partial charge is 0.253 e. The van der Waals surface area contributed by atoms with E-state index in [1.165, 1.54) is 15.3 Å². The molecular formula is C14H20N2O3S. The highest BCUT2D eigenvalue weighted by Gasteiger charge is 2.28. The molecule has 0 N–H and O–H groups in total. The Hall–Kier alpha value is -1.40. The van der Waals surface area contributed by atoms with Gasteiger partial charge in [0.05, 0.1) is 4.90 Å². The molecule has 6 heteroatoms. The summed E-state index contributed by atoms with van der Waals surface area (Å²) in [5.74, 6) is -0.180. The minimum atomic E-state index is -3.47. The van der Waals surface area contributed by atoms with Gasteiger partial charge in [0, 0.05) is 32.7 Å². The van der Waals surface area contributed by atoms with Crippen LogP contribution in [-0.2, 0) is 10.0 Å². The van der Waals surface area contributed by atoms with Gasteiger partial charge in [-0.3, -0.25) is 4.79 Å². The Kier molecular flexibility index (Phi) is 4.15. The third kappa shape index (κ3) is 2.71. The largest absolute Gasteiger partial charge is 0.345 e. The molecule has 0 spiro atoms. The third-order valence-corrected chi connectivity index (χ3v) is 5.44. The molecule has 0 saturated carbocycles. The van der Waals surface area contributed by atoms with Gasteiger partial charge in [0.15, 0.2) is 0 Å². The Morgan fingerprint density at radius 1 is 1.20 bits per heavy atom. The molecular weight excluding hydrogens is 276 g/mol. The Balaban J connectivity index is 2.43. The number of sulfonamides is 1. The van der Waals surface area contributed by atoms with Crippen molar-refractivity contribution in [2.45, 2.75) is 24.7 Å². The van der Waals surface area contributed by atoms with Crippen LogP contribution in [0.4, 0.5) is 0 Å². The lowest BCUT2D eigenvalue weighted by Crippen LogP contribution is -2.28. The van der Waals surface area contributed by atoms with E-state index in [0.717, 1.165) is 18.4 Å². The van der Waals surface area contributed by atoms with Gasteiger partial charge in [0.2, 0.25) is 10.0 Å². The zero-order valence-corrected chi connectivity index (χ0v) is 12.9. The van der Waals surface area contributed by atoms with Crippen molar-refractivity contribution in [3.05, 3.63) is 29.3 Å². The zero-order chi connectivity index (χ0) is 14.9. The highest BCUT2D eigenvalue weighted by Crippen LogP contribution is 2.23. The lowest BCUT2D eigenvalue weighted by atomic mass is 10.1. The van der Waals surface area contributed by atoms with Gasteiger partial charge in [0.25, 0.3) is 5.91 Å². The van der Waals surface area contributed by atoms with Gasteiger partial charge in [-0.05, 0) is 37.5 Å². The summed E-state index contributed by atoms with van der Waals surface area (Å²) in [5.41, 5.74) is 1.22. The first-order chi connectivity index (χ1) is 9.34. The molecule has 1 aliphatic rings. The van der Waals surface area contributed by atoms with Crippen molar-refractivity contribution in [1.29, 1.82) is 0 Å². The second-order valence-electron chi connectivity index (χ2n) is 5.29. The maximum Gasteiger partial charge on any atom is 0.253 e. The second-order valence-corrected chi connectivity index (χ2v) is 7.23. The third-order valence-electron chi connectivity index (χ3n) is 3.55. The number of hydrogen-bond donors (Lipinski definition) is 0. The van der Waals surface area contributed by atoms with Crippen molar-refractivity contribution in [2.75, 3.05) is 27.2 Å². The number of aryl methyl sites for hydroxylation is 1. The zero-order valence-electron chi connectivity index (χ0n) is 12.1. The summed E-state index contributed by atoms with van der Waals surface area (Å²) in [7, 11) is -0.162. The Morgan fingerprint density at radius 2 is 1.80 bits per heavy atom. The van der Waals surface area contributed by atoms with Gasteiger partial charge < -0.3 is 4.90 Å². The molecule has 0 radical (unpaired) electrons. The molecule has 1 fully saturated rings. The van der Waals surface area contributed by atoms with Crippen molar-refractivity contribution < 1.29 is 13.2 Å². The Labute approximate surface area is 120 Å². The number of carbonyl (C=O) groups is 1. The number of benzene rings is 1. The number of carbonyl (C=O) groups excluding carboxylic acids is 1. The summed E-state index contributed by atoms with van der Waals surface area (Å²) < 4.78 is 26.5. The lowest BCUT2D eigenvalue weighted by molar-refractivity contribution is 0.0826. The molecule has 1 saturated heterocycles. The normalized spacial score (nSPS) is 16.4. The van der Waals surface area contributed by atoms with E-state index >= 15 is 0 Å². The second kappa shape index (κ2) is 5.54. The number of rotatable bonds is 3. The molecule has 20 heavy (non-hydrogen) atoms. The maximum absolute atomic E-state index is 12.5. The van der Waals surface area contributed by atoms with Crippen molar-refractivity contribution in [1.82, 2.24) is 9.21 Å².